The fourth-order valence-corrected chi connectivity index (χ4v) is 2.54. The standard InChI is InChI=1S/C14H30N2/c1-4-13(5-2)12-15-9-6-14-7-10-16(3)11-8-14/h13-15H,4-12H2,1-3H3. The predicted octanol–water partition coefficient (Wildman–Crippen LogP) is 2.74. The minimum atomic E-state index is 0.887. The van der Waals surface area contributed by atoms with Gasteiger partial charge in [0.1, 0.15) is 0 Å². The number of likely N-dealkylation sites (tertiary alicyclic amines) is 1. The van der Waals surface area contributed by atoms with Gasteiger partial charge in [0.05, 0.1) is 0 Å². The molecule has 0 aliphatic carbocycles. The van der Waals surface area contributed by atoms with Crippen LogP contribution in [0.2, 0.25) is 0 Å². The molecule has 0 radical (unpaired) electrons. The first-order valence-corrected chi connectivity index (χ1v) is 7.15. The molecule has 0 aromatic carbocycles. The predicted molar refractivity (Wildman–Crippen MR) is 71.8 cm³/mol. The van der Waals surface area contributed by atoms with E-state index in [2.05, 4.69) is 31.1 Å². The average Bonchev–Trinajstić information content (AvgIpc) is 2.32. The third-order valence-corrected chi connectivity index (χ3v) is 4.16. The van der Waals surface area contributed by atoms with E-state index < -0.39 is 0 Å². The molecule has 1 aliphatic rings. The second kappa shape index (κ2) is 8.08. The van der Waals surface area contributed by atoms with Crippen molar-refractivity contribution >= 4 is 0 Å². The molecule has 0 atom stereocenters. The molecule has 2 heteroatoms. The smallest absolute Gasteiger partial charge is 0.00191 e. The third kappa shape index (κ3) is 5.31. The first-order chi connectivity index (χ1) is 7.76. The van der Waals surface area contributed by atoms with E-state index in [1.165, 1.54) is 58.3 Å². The maximum atomic E-state index is 3.63. The molecule has 2 nitrogen and oxygen atoms in total. The van der Waals surface area contributed by atoms with Crippen molar-refractivity contribution in [3.63, 3.8) is 0 Å². The van der Waals surface area contributed by atoms with Gasteiger partial charge < -0.3 is 10.2 Å². The Bertz CT molecular complexity index is 158. The van der Waals surface area contributed by atoms with Crippen molar-refractivity contribution in [1.82, 2.24) is 10.2 Å². The summed E-state index contributed by atoms with van der Waals surface area (Å²) < 4.78 is 0. The SMILES string of the molecule is CCC(CC)CNCCC1CCN(C)CC1. The highest BCUT2D eigenvalue weighted by Crippen LogP contribution is 2.18. The van der Waals surface area contributed by atoms with Crippen LogP contribution in [0.1, 0.15) is 46.0 Å². The molecule has 0 unspecified atom stereocenters. The molecule has 1 heterocycles. The third-order valence-electron chi connectivity index (χ3n) is 4.16. The molecule has 96 valence electrons. The van der Waals surface area contributed by atoms with E-state index in [1.807, 2.05) is 0 Å². The van der Waals surface area contributed by atoms with Crippen LogP contribution in [-0.4, -0.2) is 38.1 Å². The van der Waals surface area contributed by atoms with Gasteiger partial charge in [-0.05, 0) is 64.3 Å². The van der Waals surface area contributed by atoms with Crippen molar-refractivity contribution in [3.8, 4) is 0 Å². The van der Waals surface area contributed by atoms with Crippen LogP contribution in [0.3, 0.4) is 0 Å². The van der Waals surface area contributed by atoms with Gasteiger partial charge in [-0.2, -0.15) is 0 Å². The van der Waals surface area contributed by atoms with Crippen LogP contribution in [0.25, 0.3) is 0 Å². The number of rotatable bonds is 7. The van der Waals surface area contributed by atoms with Gasteiger partial charge in [0.15, 0.2) is 0 Å². The molecule has 0 amide bonds. The van der Waals surface area contributed by atoms with Crippen molar-refractivity contribution < 1.29 is 0 Å². The van der Waals surface area contributed by atoms with Crippen LogP contribution < -0.4 is 5.32 Å². The zero-order valence-electron chi connectivity index (χ0n) is 11.5. The summed E-state index contributed by atoms with van der Waals surface area (Å²) in [6.07, 6.45) is 6.83. The fraction of sp³-hybridized carbons (Fsp3) is 1.00. The summed E-state index contributed by atoms with van der Waals surface area (Å²) in [5.74, 6) is 1.86. The van der Waals surface area contributed by atoms with Gasteiger partial charge in [-0.1, -0.05) is 26.7 Å². The molecule has 1 aliphatic heterocycles. The van der Waals surface area contributed by atoms with Gasteiger partial charge in [-0.15, -0.1) is 0 Å². The van der Waals surface area contributed by atoms with Crippen LogP contribution in [0.5, 0.6) is 0 Å². The van der Waals surface area contributed by atoms with E-state index in [0.717, 1.165) is 11.8 Å². The number of nitrogens with one attached hydrogen (secondary N) is 1. The van der Waals surface area contributed by atoms with Gasteiger partial charge >= 0.3 is 0 Å². The Morgan fingerprint density at radius 2 is 1.81 bits per heavy atom. The van der Waals surface area contributed by atoms with Gasteiger partial charge in [-0.25, -0.2) is 0 Å². The molecular weight excluding hydrogens is 196 g/mol. The lowest BCUT2D eigenvalue weighted by Crippen LogP contribution is -2.32. The molecule has 1 rings (SSSR count). The van der Waals surface area contributed by atoms with Crippen molar-refractivity contribution in [2.75, 3.05) is 33.2 Å². The van der Waals surface area contributed by atoms with Crippen molar-refractivity contribution in [1.29, 1.82) is 0 Å². The Kier molecular flexibility index (Phi) is 7.06. The summed E-state index contributed by atoms with van der Waals surface area (Å²) in [5, 5.41) is 3.63. The van der Waals surface area contributed by atoms with Crippen molar-refractivity contribution in [2.24, 2.45) is 11.8 Å². The van der Waals surface area contributed by atoms with E-state index in [1.54, 1.807) is 0 Å². The van der Waals surface area contributed by atoms with Crippen LogP contribution >= 0.6 is 0 Å². The second-order valence-electron chi connectivity index (χ2n) is 5.42. The van der Waals surface area contributed by atoms with E-state index in [0.29, 0.717) is 0 Å². The van der Waals surface area contributed by atoms with Crippen LogP contribution in [0.4, 0.5) is 0 Å². The summed E-state index contributed by atoms with van der Waals surface area (Å²) in [4.78, 5) is 2.45. The average molecular weight is 226 g/mol. The molecule has 0 spiro atoms. The Labute approximate surface area is 102 Å². The van der Waals surface area contributed by atoms with Gasteiger partial charge in [-0.3, -0.25) is 0 Å². The van der Waals surface area contributed by atoms with Crippen molar-refractivity contribution in [3.05, 3.63) is 0 Å². The summed E-state index contributed by atoms with van der Waals surface area (Å²) >= 11 is 0. The summed E-state index contributed by atoms with van der Waals surface area (Å²) in [6.45, 7) is 9.65. The second-order valence-corrected chi connectivity index (χ2v) is 5.42. The number of piperidine rings is 1. The Hall–Kier alpha value is -0.0800. The lowest BCUT2D eigenvalue weighted by molar-refractivity contribution is 0.211. The summed E-state index contributed by atoms with van der Waals surface area (Å²) in [5.41, 5.74) is 0. The highest BCUT2D eigenvalue weighted by molar-refractivity contribution is 4.71. The van der Waals surface area contributed by atoms with E-state index in [-0.39, 0.29) is 0 Å². The molecule has 1 fully saturated rings. The number of nitrogens with zero attached hydrogens (tertiary/aromatic N) is 1. The lowest BCUT2D eigenvalue weighted by Gasteiger charge is -2.29. The Balaban J connectivity index is 1.98. The zero-order chi connectivity index (χ0) is 11.8. The van der Waals surface area contributed by atoms with Crippen LogP contribution in [0, 0.1) is 11.8 Å². The Morgan fingerprint density at radius 1 is 1.19 bits per heavy atom. The molecule has 0 aromatic heterocycles. The quantitative estimate of drug-likeness (QED) is 0.672. The number of hydrogen-bond donors (Lipinski definition) is 1. The molecule has 0 aromatic rings. The lowest BCUT2D eigenvalue weighted by atomic mass is 9.94. The monoisotopic (exact) mass is 226 g/mol. The highest BCUT2D eigenvalue weighted by Gasteiger charge is 2.15. The summed E-state index contributed by atoms with van der Waals surface area (Å²) in [6, 6.07) is 0. The van der Waals surface area contributed by atoms with Crippen LogP contribution in [0.15, 0.2) is 0 Å². The first kappa shape index (κ1) is 14.0. The van der Waals surface area contributed by atoms with E-state index >= 15 is 0 Å². The highest BCUT2D eigenvalue weighted by atomic mass is 15.1. The molecule has 1 N–H and O–H groups in total. The Morgan fingerprint density at radius 3 is 2.38 bits per heavy atom. The molecule has 0 saturated carbocycles. The van der Waals surface area contributed by atoms with Gasteiger partial charge in [0, 0.05) is 0 Å². The minimum Gasteiger partial charge on any atom is -0.316 e. The maximum Gasteiger partial charge on any atom is -0.00191 e. The van der Waals surface area contributed by atoms with Crippen LogP contribution in [-0.2, 0) is 0 Å². The summed E-state index contributed by atoms with van der Waals surface area (Å²) in [7, 11) is 2.24. The molecular formula is C14H30N2. The minimum absolute atomic E-state index is 0.887. The van der Waals surface area contributed by atoms with E-state index in [4.69, 9.17) is 0 Å². The molecule has 1 saturated heterocycles. The molecule has 16 heavy (non-hydrogen) atoms. The molecule has 0 bridgehead atoms. The van der Waals surface area contributed by atoms with Gasteiger partial charge in [0.2, 0.25) is 0 Å². The first-order valence-electron chi connectivity index (χ1n) is 7.15. The number of hydrogen-bond acceptors (Lipinski definition) is 2. The van der Waals surface area contributed by atoms with Gasteiger partial charge in [0.25, 0.3) is 0 Å². The normalized spacial score (nSPS) is 19.5. The van der Waals surface area contributed by atoms with Crippen molar-refractivity contribution in [2.45, 2.75) is 46.0 Å². The zero-order valence-corrected chi connectivity index (χ0v) is 11.5. The topological polar surface area (TPSA) is 15.3 Å². The fourth-order valence-electron chi connectivity index (χ4n) is 2.54. The largest absolute Gasteiger partial charge is 0.316 e. The van der Waals surface area contributed by atoms with E-state index in [9.17, 15) is 0 Å². The maximum absolute atomic E-state index is 3.63.